The quantitative estimate of drug-likeness (QED) is 0.775. The summed E-state index contributed by atoms with van der Waals surface area (Å²) in [4.78, 5) is 20.5. The number of rotatable bonds is 5. The fourth-order valence-corrected chi connectivity index (χ4v) is 3.34. The third kappa shape index (κ3) is 3.93. The summed E-state index contributed by atoms with van der Waals surface area (Å²) in [5, 5.41) is 3.13. The maximum absolute atomic E-state index is 11.1. The molecule has 1 aliphatic rings. The number of anilines is 1. The van der Waals surface area contributed by atoms with Crippen molar-refractivity contribution < 1.29 is 9.53 Å². The number of hydrogen-bond acceptors (Lipinski definition) is 6. The molecule has 1 unspecified atom stereocenters. The van der Waals surface area contributed by atoms with Gasteiger partial charge in [0.1, 0.15) is 0 Å². The fourth-order valence-electron chi connectivity index (χ4n) is 2.44. The third-order valence-electron chi connectivity index (χ3n) is 3.75. The second-order valence-corrected chi connectivity index (χ2v) is 6.24. The Morgan fingerprint density at radius 1 is 1.60 bits per heavy atom. The predicted molar refractivity (Wildman–Crippen MR) is 81.4 cm³/mol. The first-order valence-electron chi connectivity index (χ1n) is 7.02. The second-order valence-electron chi connectivity index (χ2n) is 5.40. The molecule has 112 valence electrons. The maximum atomic E-state index is 11.1. The van der Waals surface area contributed by atoms with E-state index in [2.05, 4.69) is 39.0 Å². The van der Waals surface area contributed by atoms with Crippen molar-refractivity contribution in [1.29, 1.82) is 0 Å². The van der Waals surface area contributed by atoms with E-state index in [9.17, 15) is 4.79 Å². The molecule has 0 amide bonds. The van der Waals surface area contributed by atoms with Gasteiger partial charge in [-0.1, -0.05) is 0 Å². The van der Waals surface area contributed by atoms with Crippen LogP contribution in [0, 0.1) is 0 Å². The van der Waals surface area contributed by atoms with Crippen LogP contribution in [0.2, 0.25) is 0 Å². The number of carbonyl (C=O) groups is 1. The van der Waals surface area contributed by atoms with Gasteiger partial charge >= 0.3 is 5.97 Å². The number of carbonyl (C=O) groups excluding carboxylic acids is 1. The highest BCUT2D eigenvalue weighted by atomic mass is 32.1. The number of piperidine rings is 1. The summed E-state index contributed by atoms with van der Waals surface area (Å²) < 4.78 is 4.66. The third-order valence-corrected chi connectivity index (χ3v) is 4.70. The highest BCUT2D eigenvalue weighted by Gasteiger charge is 2.23. The number of thiazole rings is 1. The molecule has 1 aliphatic heterocycles. The Morgan fingerprint density at radius 2 is 2.40 bits per heavy atom. The highest BCUT2D eigenvalue weighted by molar-refractivity contribution is 7.13. The van der Waals surface area contributed by atoms with Gasteiger partial charge in [-0.3, -0.25) is 4.79 Å². The van der Waals surface area contributed by atoms with Gasteiger partial charge in [0, 0.05) is 30.9 Å². The monoisotopic (exact) mass is 297 g/mol. The minimum Gasteiger partial charge on any atom is -0.469 e. The van der Waals surface area contributed by atoms with Crippen molar-refractivity contribution in [1.82, 2.24) is 9.88 Å². The molecule has 0 bridgehead atoms. The molecular weight excluding hydrogens is 274 g/mol. The van der Waals surface area contributed by atoms with E-state index in [1.54, 1.807) is 11.3 Å². The van der Waals surface area contributed by atoms with Gasteiger partial charge in [-0.05, 0) is 26.9 Å². The zero-order chi connectivity index (χ0) is 14.5. The van der Waals surface area contributed by atoms with Crippen molar-refractivity contribution in [3.05, 3.63) is 11.1 Å². The topological polar surface area (TPSA) is 45.7 Å². The van der Waals surface area contributed by atoms with E-state index in [0.717, 1.165) is 23.9 Å². The van der Waals surface area contributed by atoms with Crippen LogP contribution < -0.4 is 4.90 Å². The van der Waals surface area contributed by atoms with Gasteiger partial charge in [0.25, 0.3) is 0 Å². The molecule has 1 fully saturated rings. The second kappa shape index (κ2) is 7.04. The Labute approximate surface area is 124 Å². The molecule has 6 heteroatoms. The van der Waals surface area contributed by atoms with E-state index < -0.39 is 0 Å². The van der Waals surface area contributed by atoms with Crippen LogP contribution in [0.15, 0.2) is 5.38 Å². The largest absolute Gasteiger partial charge is 0.469 e. The normalized spacial score (nSPS) is 19.4. The van der Waals surface area contributed by atoms with Crippen molar-refractivity contribution in [2.75, 3.05) is 39.2 Å². The predicted octanol–water partition coefficient (Wildman–Crippen LogP) is 1.78. The molecule has 20 heavy (non-hydrogen) atoms. The van der Waals surface area contributed by atoms with Crippen LogP contribution in [0.3, 0.4) is 0 Å². The number of methoxy groups -OCH3 is 1. The smallest absolute Gasteiger partial charge is 0.305 e. The number of aryl methyl sites for hydroxylation is 1. The Hall–Kier alpha value is -1.14. The lowest BCUT2D eigenvalue weighted by molar-refractivity contribution is -0.140. The van der Waals surface area contributed by atoms with Crippen LogP contribution in [0.4, 0.5) is 5.13 Å². The molecular formula is C14H23N3O2S. The molecule has 1 atom stereocenters. The molecule has 1 aromatic heterocycles. The number of ether oxygens (including phenoxy) is 1. The first-order chi connectivity index (χ1) is 9.60. The molecule has 2 rings (SSSR count). The summed E-state index contributed by atoms with van der Waals surface area (Å²) in [6.45, 7) is 2.12. The van der Waals surface area contributed by atoms with E-state index in [-0.39, 0.29) is 5.97 Å². The van der Waals surface area contributed by atoms with E-state index in [4.69, 9.17) is 0 Å². The molecule has 1 saturated heterocycles. The lowest BCUT2D eigenvalue weighted by Gasteiger charge is -2.35. The summed E-state index contributed by atoms with van der Waals surface area (Å²) in [6.07, 6.45) is 3.53. The molecule has 2 heterocycles. The first kappa shape index (κ1) is 15.3. The molecule has 0 spiro atoms. The summed E-state index contributed by atoms with van der Waals surface area (Å²) in [5.74, 6) is -0.176. The summed E-state index contributed by atoms with van der Waals surface area (Å²) in [5.41, 5.74) is 0.988. The SMILES string of the molecule is COC(=O)CCc1csc(N2CCCC(N(C)C)C2)n1. The van der Waals surface area contributed by atoms with Crippen LogP contribution in [-0.2, 0) is 16.0 Å². The first-order valence-corrected chi connectivity index (χ1v) is 7.90. The van der Waals surface area contributed by atoms with Gasteiger partial charge in [0.05, 0.1) is 19.2 Å². The van der Waals surface area contributed by atoms with Gasteiger partial charge < -0.3 is 14.5 Å². The summed E-state index contributed by atoms with van der Waals surface area (Å²) in [6, 6.07) is 0.603. The molecule has 1 aromatic rings. The van der Waals surface area contributed by atoms with Gasteiger partial charge in [0.2, 0.25) is 0 Å². The van der Waals surface area contributed by atoms with Crippen molar-refractivity contribution >= 4 is 22.4 Å². The minimum absolute atomic E-state index is 0.176. The van der Waals surface area contributed by atoms with Crippen LogP contribution in [0.1, 0.15) is 25.0 Å². The summed E-state index contributed by atoms with van der Waals surface area (Å²) in [7, 11) is 5.69. The average Bonchev–Trinajstić information content (AvgIpc) is 2.93. The van der Waals surface area contributed by atoms with Crippen molar-refractivity contribution in [3.63, 3.8) is 0 Å². The van der Waals surface area contributed by atoms with Gasteiger partial charge in [0.15, 0.2) is 5.13 Å². The zero-order valence-electron chi connectivity index (χ0n) is 12.5. The van der Waals surface area contributed by atoms with Crippen LogP contribution >= 0.6 is 11.3 Å². The van der Waals surface area contributed by atoms with Crippen molar-refractivity contribution in [2.24, 2.45) is 0 Å². The van der Waals surface area contributed by atoms with E-state index >= 15 is 0 Å². The Balaban J connectivity index is 1.92. The Morgan fingerprint density at radius 3 is 3.10 bits per heavy atom. The lowest BCUT2D eigenvalue weighted by Crippen LogP contribution is -2.45. The van der Waals surface area contributed by atoms with Crippen LogP contribution in [0.5, 0.6) is 0 Å². The van der Waals surface area contributed by atoms with E-state index in [0.29, 0.717) is 18.9 Å². The van der Waals surface area contributed by atoms with Crippen LogP contribution in [0.25, 0.3) is 0 Å². The van der Waals surface area contributed by atoms with Gasteiger partial charge in [-0.25, -0.2) is 4.98 Å². The maximum Gasteiger partial charge on any atom is 0.305 e. The number of nitrogens with zero attached hydrogens (tertiary/aromatic N) is 3. The van der Waals surface area contributed by atoms with Gasteiger partial charge in [-0.15, -0.1) is 11.3 Å². The highest BCUT2D eigenvalue weighted by Crippen LogP contribution is 2.25. The molecule has 0 saturated carbocycles. The molecule has 0 aliphatic carbocycles. The average molecular weight is 297 g/mol. The van der Waals surface area contributed by atoms with Gasteiger partial charge in [-0.2, -0.15) is 0 Å². The Kier molecular flexibility index (Phi) is 5.37. The molecule has 0 N–H and O–H groups in total. The van der Waals surface area contributed by atoms with E-state index in [1.165, 1.54) is 20.0 Å². The van der Waals surface area contributed by atoms with E-state index in [1.807, 2.05) is 0 Å². The Bertz CT molecular complexity index is 447. The molecule has 5 nitrogen and oxygen atoms in total. The summed E-state index contributed by atoms with van der Waals surface area (Å²) >= 11 is 1.67. The number of likely N-dealkylation sites (N-methyl/N-ethyl adjacent to an activating group) is 1. The van der Waals surface area contributed by atoms with Crippen molar-refractivity contribution in [3.8, 4) is 0 Å². The minimum atomic E-state index is -0.176. The lowest BCUT2D eigenvalue weighted by atomic mass is 10.1. The number of hydrogen-bond donors (Lipinski definition) is 0. The zero-order valence-corrected chi connectivity index (χ0v) is 13.3. The standard InChI is InChI=1S/C14H23N3O2S/c1-16(2)12-5-4-8-17(9-12)14-15-11(10-20-14)6-7-13(18)19-3/h10,12H,4-9H2,1-3H3. The fraction of sp³-hybridized carbons (Fsp3) is 0.714. The molecule has 0 aromatic carbocycles. The van der Waals surface area contributed by atoms with Crippen molar-refractivity contribution in [2.45, 2.75) is 31.7 Å². The molecule has 0 radical (unpaired) electrons. The number of esters is 1. The number of aromatic nitrogens is 1. The van der Waals surface area contributed by atoms with Crippen LogP contribution in [-0.4, -0.2) is 56.2 Å².